The minimum absolute atomic E-state index is 0.0928. The summed E-state index contributed by atoms with van der Waals surface area (Å²) in [6, 6.07) is 5.36. The summed E-state index contributed by atoms with van der Waals surface area (Å²) in [6.45, 7) is 5.80. The van der Waals surface area contributed by atoms with Crippen LogP contribution in [0.25, 0.3) is 0 Å². The molecular weight excluding hydrogens is 356 g/mol. The Morgan fingerprint density at radius 3 is 2.64 bits per heavy atom. The molecule has 1 spiro atoms. The maximum absolute atomic E-state index is 12.9. The van der Waals surface area contributed by atoms with E-state index >= 15 is 0 Å². The van der Waals surface area contributed by atoms with Crippen molar-refractivity contribution < 1.29 is 14.4 Å². The fourth-order valence-corrected chi connectivity index (χ4v) is 5.33. The molecule has 3 fully saturated rings. The second-order valence-corrected chi connectivity index (χ2v) is 8.74. The lowest BCUT2D eigenvalue weighted by Crippen LogP contribution is -2.59. The number of nitrogens with zero attached hydrogens (tertiary/aromatic N) is 2. The van der Waals surface area contributed by atoms with Gasteiger partial charge in [0.1, 0.15) is 6.04 Å². The molecule has 2 N–H and O–H groups in total. The van der Waals surface area contributed by atoms with Crippen molar-refractivity contribution in [1.82, 2.24) is 20.4 Å². The molecule has 7 nitrogen and oxygen atoms in total. The molecule has 4 aliphatic rings. The zero-order chi connectivity index (χ0) is 19.3. The third kappa shape index (κ3) is 2.93. The quantitative estimate of drug-likeness (QED) is 0.750. The van der Waals surface area contributed by atoms with E-state index in [9.17, 15) is 14.4 Å². The van der Waals surface area contributed by atoms with Crippen LogP contribution in [0.3, 0.4) is 0 Å². The summed E-state index contributed by atoms with van der Waals surface area (Å²) < 4.78 is 0. The standard InChI is InChI=1S/C21H26N4O3/c26-18-5-4-17(19(27)23-18)25-11-16-14(2-1-3-15(16)20(25)28)10-24-12-21(13-24)6-8-22-9-7-21/h1-3,17,22H,4-13H2,(H,23,26,27). The molecule has 1 aromatic rings. The highest BCUT2D eigenvalue weighted by Crippen LogP contribution is 2.40. The summed E-state index contributed by atoms with van der Waals surface area (Å²) >= 11 is 0. The van der Waals surface area contributed by atoms with Crippen LogP contribution < -0.4 is 10.6 Å². The Morgan fingerprint density at radius 1 is 1.11 bits per heavy atom. The Bertz CT molecular complexity index is 838. The number of benzene rings is 1. The van der Waals surface area contributed by atoms with Crippen molar-refractivity contribution in [2.24, 2.45) is 5.41 Å². The highest BCUT2D eigenvalue weighted by Gasteiger charge is 2.44. The highest BCUT2D eigenvalue weighted by atomic mass is 16.2. The maximum atomic E-state index is 12.9. The monoisotopic (exact) mass is 382 g/mol. The van der Waals surface area contributed by atoms with Crippen LogP contribution in [0.2, 0.25) is 0 Å². The maximum Gasteiger partial charge on any atom is 0.255 e. The van der Waals surface area contributed by atoms with Gasteiger partial charge >= 0.3 is 0 Å². The molecule has 28 heavy (non-hydrogen) atoms. The van der Waals surface area contributed by atoms with E-state index in [1.165, 1.54) is 18.4 Å². The lowest BCUT2D eigenvalue weighted by molar-refractivity contribution is -0.136. The summed E-state index contributed by atoms with van der Waals surface area (Å²) in [4.78, 5) is 40.7. The minimum atomic E-state index is -0.549. The Balaban J connectivity index is 1.30. The van der Waals surface area contributed by atoms with Crippen LogP contribution in [0.15, 0.2) is 18.2 Å². The molecule has 3 saturated heterocycles. The van der Waals surface area contributed by atoms with Gasteiger partial charge in [-0.3, -0.25) is 24.6 Å². The minimum Gasteiger partial charge on any atom is -0.322 e. The zero-order valence-electron chi connectivity index (χ0n) is 16.0. The van der Waals surface area contributed by atoms with Crippen LogP contribution in [0, 0.1) is 5.41 Å². The van der Waals surface area contributed by atoms with Crippen LogP contribution >= 0.6 is 0 Å². The molecule has 0 aliphatic carbocycles. The lowest BCUT2D eigenvalue weighted by Gasteiger charge is -2.52. The molecule has 4 heterocycles. The summed E-state index contributed by atoms with van der Waals surface area (Å²) in [5, 5.41) is 5.81. The normalized spacial score (nSPS) is 26.9. The average Bonchev–Trinajstić information content (AvgIpc) is 2.99. The number of carbonyl (C=O) groups excluding carboxylic acids is 3. The summed E-state index contributed by atoms with van der Waals surface area (Å²) in [7, 11) is 0. The molecule has 4 aliphatic heterocycles. The molecule has 148 valence electrons. The Morgan fingerprint density at radius 2 is 1.89 bits per heavy atom. The molecule has 7 heteroatoms. The Hall–Kier alpha value is -2.25. The van der Waals surface area contributed by atoms with Gasteiger partial charge in [-0.2, -0.15) is 0 Å². The number of imide groups is 1. The van der Waals surface area contributed by atoms with Crippen LogP contribution in [0.4, 0.5) is 0 Å². The first-order chi connectivity index (χ1) is 13.5. The van der Waals surface area contributed by atoms with Crippen molar-refractivity contribution in [2.45, 2.75) is 44.8 Å². The number of likely N-dealkylation sites (tertiary alicyclic amines) is 1. The van der Waals surface area contributed by atoms with Crippen LogP contribution in [-0.2, 0) is 22.7 Å². The second-order valence-electron chi connectivity index (χ2n) is 8.74. The van der Waals surface area contributed by atoms with E-state index < -0.39 is 6.04 Å². The van der Waals surface area contributed by atoms with Crippen LogP contribution in [-0.4, -0.2) is 59.7 Å². The number of hydrogen-bond donors (Lipinski definition) is 2. The molecule has 1 unspecified atom stereocenters. The van der Waals surface area contributed by atoms with Gasteiger partial charge in [-0.1, -0.05) is 12.1 Å². The smallest absolute Gasteiger partial charge is 0.255 e. The van der Waals surface area contributed by atoms with Gasteiger partial charge in [0.15, 0.2) is 0 Å². The van der Waals surface area contributed by atoms with Crippen LogP contribution in [0.1, 0.15) is 47.2 Å². The summed E-state index contributed by atoms with van der Waals surface area (Å²) in [5.41, 5.74) is 3.42. The third-order valence-corrected chi connectivity index (χ3v) is 6.86. The van der Waals surface area contributed by atoms with Crippen molar-refractivity contribution >= 4 is 17.7 Å². The molecule has 5 rings (SSSR count). The topological polar surface area (TPSA) is 81.8 Å². The SMILES string of the molecule is O=C1CCC(N2Cc3c(CN4CC5(CCNCC5)C4)cccc3C2=O)C(=O)N1. The van der Waals surface area contributed by atoms with Crippen molar-refractivity contribution in [2.75, 3.05) is 26.2 Å². The van der Waals surface area contributed by atoms with Crippen LogP contribution in [0.5, 0.6) is 0 Å². The fraction of sp³-hybridized carbons (Fsp3) is 0.571. The largest absolute Gasteiger partial charge is 0.322 e. The van der Waals surface area contributed by atoms with Crippen molar-refractivity contribution in [3.8, 4) is 0 Å². The van der Waals surface area contributed by atoms with E-state index in [0.717, 1.165) is 38.3 Å². The fourth-order valence-electron chi connectivity index (χ4n) is 5.33. The number of amides is 3. The molecule has 0 aromatic heterocycles. The molecule has 1 aromatic carbocycles. The van der Waals surface area contributed by atoms with Gasteiger partial charge < -0.3 is 10.2 Å². The predicted molar refractivity (Wildman–Crippen MR) is 102 cm³/mol. The zero-order valence-corrected chi connectivity index (χ0v) is 16.0. The van der Waals surface area contributed by atoms with E-state index in [1.807, 2.05) is 12.1 Å². The molecule has 0 radical (unpaired) electrons. The molecule has 0 bridgehead atoms. The molecule has 3 amide bonds. The number of rotatable bonds is 3. The second kappa shape index (κ2) is 6.67. The van der Waals surface area contributed by atoms with Gasteiger partial charge in [0, 0.05) is 38.2 Å². The number of hydrogen-bond acceptors (Lipinski definition) is 5. The van der Waals surface area contributed by atoms with Crippen molar-refractivity contribution in [1.29, 1.82) is 0 Å². The molecular formula is C21H26N4O3. The summed E-state index contributed by atoms with van der Waals surface area (Å²) in [6.07, 6.45) is 3.19. The third-order valence-electron chi connectivity index (χ3n) is 6.86. The first-order valence-electron chi connectivity index (χ1n) is 10.2. The molecule has 1 atom stereocenters. The number of carbonyl (C=O) groups is 3. The highest BCUT2D eigenvalue weighted by molar-refractivity contribution is 6.05. The average molecular weight is 382 g/mol. The van der Waals surface area contributed by atoms with E-state index in [1.54, 1.807) is 4.90 Å². The van der Waals surface area contributed by atoms with E-state index in [0.29, 0.717) is 23.9 Å². The van der Waals surface area contributed by atoms with Gasteiger partial charge in [-0.25, -0.2) is 0 Å². The lowest BCUT2D eigenvalue weighted by atomic mass is 9.72. The first kappa shape index (κ1) is 17.8. The molecule has 0 saturated carbocycles. The summed E-state index contributed by atoms with van der Waals surface area (Å²) in [5.74, 6) is -0.699. The van der Waals surface area contributed by atoms with E-state index in [2.05, 4.69) is 21.6 Å². The van der Waals surface area contributed by atoms with E-state index in [-0.39, 0.29) is 24.1 Å². The van der Waals surface area contributed by atoms with Gasteiger partial charge in [0.05, 0.1) is 0 Å². The van der Waals surface area contributed by atoms with Gasteiger partial charge in [-0.15, -0.1) is 0 Å². The van der Waals surface area contributed by atoms with Gasteiger partial charge in [-0.05, 0) is 55.0 Å². The van der Waals surface area contributed by atoms with Crippen molar-refractivity contribution in [3.05, 3.63) is 34.9 Å². The number of fused-ring (bicyclic) bond motifs is 1. The Labute approximate surface area is 164 Å². The van der Waals surface area contributed by atoms with Gasteiger partial charge in [0.2, 0.25) is 11.8 Å². The van der Waals surface area contributed by atoms with Gasteiger partial charge in [0.25, 0.3) is 5.91 Å². The van der Waals surface area contributed by atoms with E-state index in [4.69, 9.17) is 0 Å². The number of piperidine rings is 2. The predicted octanol–water partition coefficient (Wildman–Crippen LogP) is 0.633. The first-order valence-corrected chi connectivity index (χ1v) is 10.2. The Kier molecular flexibility index (Phi) is 4.25. The number of nitrogens with one attached hydrogen (secondary N) is 2. The van der Waals surface area contributed by atoms with Crippen molar-refractivity contribution in [3.63, 3.8) is 0 Å².